The van der Waals surface area contributed by atoms with Gasteiger partial charge in [0.05, 0.1) is 0 Å². The molecule has 0 fully saturated rings. The molecule has 0 amide bonds. The summed E-state index contributed by atoms with van der Waals surface area (Å²) in [5, 5.41) is 7.88. The van der Waals surface area contributed by atoms with Crippen molar-refractivity contribution in [3.63, 3.8) is 0 Å². The zero-order valence-electron chi connectivity index (χ0n) is 18.8. The third-order valence-electron chi connectivity index (χ3n) is 6.38. The lowest BCUT2D eigenvalue weighted by molar-refractivity contribution is 0.628. The Kier molecular flexibility index (Phi) is 5.60. The summed E-state index contributed by atoms with van der Waals surface area (Å²) in [7, 11) is -1.08. The van der Waals surface area contributed by atoms with E-state index in [-0.39, 0.29) is 11.6 Å². The Hall–Kier alpha value is -3.87. The lowest BCUT2D eigenvalue weighted by Crippen LogP contribution is -2.22. The monoisotopic (exact) mass is 474 g/mol. The first-order chi connectivity index (χ1) is 17.2. The van der Waals surface area contributed by atoms with Crippen molar-refractivity contribution in [3.8, 4) is 11.1 Å². The smallest absolute Gasteiger partial charge is 0.123 e. The highest BCUT2D eigenvalue weighted by Gasteiger charge is 2.23. The molecule has 0 aliphatic heterocycles. The zero-order valence-corrected chi connectivity index (χ0v) is 19.7. The third kappa shape index (κ3) is 4.01. The van der Waals surface area contributed by atoms with Crippen LogP contribution >= 0.6 is 7.92 Å². The van der Waals surface area contributed by atoms with E-state index in [4.69, 9.17) is 0 Å². The molecule has 0 N–H and O–H groups in total. The van der Waals surface area contributed by atoms with Crippen LogP contribution in [0.2, 0.25) is 0 Å². The molecule has 0 aliphatic rings. The molecule has 0 saturated heterocycles. The quantitative estimate of drug-likeness (QED) is 0.230. The summed E-state index contributed by atoms with van der Waals surface area (Å²) in [5.74, 6) is -0.536. The fourth-order valence-electron chi connectivity index (χ4n) is 4.78. The van der Waals surface area contributed by atoms with Crippen molar-refractivity contribution in [2.45, 2.75) is 0 Å². The second-order valence-electron chi connectivity index (χ2n) is 8.50. The van der Waals surface area contributed by atoms with E-state index < -0.39 is 7.92 Å². The molecule has 168 valence electrons. The van der Waals surface area contributed by atoms with E-state index in [9.17, 15) is 8.78 Å². The average Bonchev–Trinajstić information content (AvgIpc) is 2.90. The first kappa shape index (κ1) is 21.6. The highest BCUT2D eigenvalue weighted by molar-refractivity contribution is 7.80. The summed E-state index contributed by atoms with van der Waals surface area (Å²) in [5.41, 5.74) is 2.33. The Morgan fingerprint density at radius 2 is 0.943 bits per heavy atom. The molecule has 0 radical (unpaired) electrons. The van der Waals surface area contributed by atoms with Crippen molar-refractivity contribution >= 4 is 45.4 Å². The number of hydrogen-bond acceptors (Lipinski definition) is 0. The van der Waals surface area contributed by atoms with E-state index >= 15 is 0 Å². The highest BCUT2D eigenvalue weighted by Crippen LogP contribution is 2.42. The van der Waals surface area contributed by atoms with Gasteiger partial charge in [0.25, 0.3) is 0 Å². The standard InChI is InChI=1S/C32H21F2P/c33-24-13-17-26(18-14-24)35(27-19-15-25(34)16-20-27)31-21-12-23-7-2-4-10-29(23)32(31)30-11-5-8-22-6-1-3-9-28(22)30/h1-21H. The number of hydrogen-bond donors (Lipinski definition) is 0. The molecule has 0 unspecified atom stereocenters. The maximum atomic E-state index is 13.9. The lowest BCUT2D eigenvalue weighted by atomic mass is 9.94. The van der Waals surface area contributed by atoms with Crippen LogP contribution in [0.3, 0.4) is 0 Å². The van der Waals surface area contributed by atoms with Gasteiger partial charge in [-0.3, -0.25) is 0 Å². The molecular formula is C32H21F2P. The molecule has 35 heavy (non-hydrogen) atoms. The largest absolute Gasteiger partial charge is 0.207 e. The van der Waals surface area contributed by atoms with Gasteiger partial charge in [0.2, 0.25) is 0 Å². The van der Waals surface area contributed by atoms with E-state index in [1.807, 2.05) is 24.3 Å². The summed E-state index contributed by atoms with van der Waals surface area (Å²) in [6.45, 7) is 0. The first-order valence-electron chi connectivity index (χ1n) is 11.5. The Morgan fingerprint density at radius 3 is 1.57 bits per heavy atom. The van der Waals surface area contributed by atoms with E-state index in [1.165, 1.54) is 40.6 Å². The fraction of sp³-hybridized carbons (Fsp3) is 0. The Labute approximate surface area is 204 Å². The predicted octanol–water partition coefficient (Wildman–Crippen LogP) is 7.70. The van der Waals surface area contributed by atoms with E-state index in [1.54, 1.807) is 0 Å². The first-order valence-corrected chi connectivity index (χ1v) is 12.8. The van der Waals surface area contributed by atoms with Crippen molar-refractivity contribution in [2.75, 3.05) is 0 Å². The maximum absolute atomic E-state index is 13.9. The van der Waals surface area contributed by atoms with E-state index in [0.717, 1.165) is 32.2 Å². The fourth-order valence-corrected chi connectivity index (χ4v) is 7.22. The van der Waals surface area contributed by atoms with Gasteiger partial charge in [-0.1, -0.05) is 103 Å². The molecule has 6 aromatic carbocycles. The van der Waals surface area contributed by atoms with Gasteiger partial charge in [-0.15, -0.1) is 0 Å². The summed E-state index contributed by atoms with van der Waals surface area (Å²) in [6, 6.07) is 41.0. The van der Waals surface area contributed by atoms with Gasteiger partial charge >= 0.3 is 0 Å². The summed E-state index contributed by atoms with van der Waals surface area (Å²) >= 11 is 0. The van der Waals surface area contributed by atoms with Crippen LogP contribution in [0.15, 0.2) is 127 Å². The van der Waals surface area contributed by atoms with E-state index in [2.05, 4.69) is 78.9 Å². The Morgan fingerprint density at radius 1 is 0.429 bits per heavy atom. The molecule has 0 spiro atoms. The normalized spacial score (nSPS) is 11.4. The molecule has 6 rings (SSSR count). The van der Waals surface area contributed by atoms with Gasteiger partial charge in [-0.25, -0.2) is 8.78 Å². The molecule has 0 nitrogen and oxygen atoms in total. The van der Waals surface area contributed by atoms with Gasteiger partial charge in [-0.05, 0) is 80.8 Å². The molecule has 3 heteroatoms. The van der Waals surface area contributed by atoms with Crippen LogP contribution in [-0.4, -0.2) is 0 Å². The van der Waals surface area contributed by atoms with Crippen molar-refractivity contribution < 1.29 is 8.78 Å². The summed E-state index contributed by atoms with van der Waals surface area (Å²) < 4.78 is 27.8. The second-order valence-corrected chi connectivity index (χ2v) is 10.7. The summed E-state index contributed by atoms with van der Waals surface area (Å²) in [4.78, 5) is 0. The van der Waals surface area contributed by atoms with Crippen LogP contribution in [0.4, 0.5) is 8.78 Å². The van der Waals surface area contributed by atoms with Crippen LogP contribution in [0.1, 0.15) is 0 Å². The topological polar surface area (TPSA) is 0 Å². The van der Waals surface area contributed by atoms with Gasteiger partial charge in [0.15, 0.2) is 0 Å². The molecule has 0 saturated carbocycles. The van der Waals surface area contributed by atoms with Crippen LogP contribution in [0, 0.1) is 11.6 Å². The number of benzene rings is 6. The van der Waals surface area contributed by atoms with Crippen LogP contribution in [0.25, 0.3) is 32.7 Å². The number of halogens is 2. The maximum Gasteiger partial charge on any atom is 0.123 e. The van der Waals surface area contributed by atoms with Gasteiger partial charge in [0.1, 0.15) is 11.6 Å². The van der Waals surface area contributed by atoms with Crippen molar-refractivity contribution in [1.82, 2.24) is 0 Å². The highest BCUT2D eigenvalue weighted by atomic mass is 31.1. The lowest BCUT2D eigenvalue weighted by Gasteiger charge is -2.24. The molecule has 0 aromatic heterocycles. The SMILES string of the molecule is Fc1ccc(P(c2ccc(F)cc2)c2ccc3ccccc3c2-c2cccc3ccccc23)cc1. The van der Waals surface area contributed by atoms with Crippen molar-refractivity contribution in [2.24, 2.45) is 0 Å². The van der Waals surface area contributed by atoms with Crippen LogP contribution < -0.4 is 15.9 Å². The Bertz CT molecular complexity index is 1600. The van der Waals surface area contributed by atoms with Crippen molar-refractivity contribution in [1.29, 1.82) is 0 Å². The van der Waals surface area contributed by atoms with Gasteiger partial charge in [0, 0.05) is 0 Å². The van der Waals surface area contributed by atoms with Gasteiger partial charge in [-0.2, -0.15) is 0 Å². The summed E-state index contributed by atoms with van der Waals surface area (Å²) in [6.07, 6.45) is 0. The minimum Gasteiger partial charge on any atom is -0.207 e. The van der Waals surface area contributed by atoms with Crippen LogP contribution in [0.5, 0.6) is 0 Å². The molecule has 0 aliphatic carbocycles. The molecular weight excluding hydrogens is 453 g/mol. The molecule has 0 heterocycles. The molecule has 0 bridgehead atoms. The molecule has 6 aromatic rings. The Balaban J connectivity index is 1.71. The third-order valence-corrected chi connectivity index (χ3v) is 8.86. The van der Waals surface area contributed by atoms with Crippen molar-refractivity contribution in [3.05, 3.63) is 139 Å². The zero-order chi connectivity index (χ0) is 23.8. The molecule has 0 atom stereocenters. The number of fused-ring (bicyclic) bond motifs is 2. The predicted molar refractivity (Wildman–Crippen MR) is 146 cm³/mol. The van der Waals surface area contributed by atoms with E-state index in [0.29, 0.717) is 0 Å². The average molecular weight is 474 g/mol. The second kappa shape index (κ2) is 9.06. The minimum absolute atomic E-state index is 0.268. The van der Waals surface area contributed by atoms with Crippen LogP contribution in [-0.2, 0) is 0 Å². The van der Waals surface area contributed by atoms with Gasteiger partial charge < -0.3 is 0 Å². The minimum atomic E-state index is -1.08. The number of rotatable bonds is 4.